The summed E-state index contributed by atoms with van der Waals surface area (Å²) in [6.07, 6.45) is 13.6. The van der Waals surface area contributed by atoms with E-state index in [1.807, 2.05) is 11.3 Å². The van der Waals surface area contributed by atoms with Crippen molar-refractivity contribution in [2.45, 2.75) is 109 Å². The normalized spacial score (nSPS) is 19.6. The third-order valence-electron chi connectivity index (χ3n) is 6.97. The molecule has 1 aromatic carbocycles. The molecule has 3 heteroatoms. The van der Waals surface area contributed by atoms with Gasteiger partial charge in [-0.2, -0.15) is 0 Å². The number of nitrogens with zero attached hydrogens (tertiary/aromatic N) is 1. The summed E-state index contributed by atoms with van der Waals surface area (Å²) in [7, 11) is 0. The van der Waals surface area contributed by atoms with Crippen LogP contribution in [0.5, 0.6) is 0 Å². The molecule has 0 aliphatic heterocycles. The van der Waals surface area contributed by atoms with Crippen LogP contribution in [0.3, 0.4) is 0 Å². The number of aliphatic hydroxyl groups excluding tert-OH is 1. The van der Waals surface area contributed by atoms with Crippen LogP contribution in [0, 0.1) is 0 Å². The maximum Gasteiger partial charge on any atom is 0.0963 e. The number of thiazole rings is 1. The smallest absolute Gasteiger partial charge is 0.0963 e. The first-order valence-corrected chi connectivity index (χ1v) is 13.2. The van der Waals surface area contributed by atoms with Crippen molar-refractivity contribution in [2.24, 2.45) is 0 Å². The molecule has 30 heavy (non-hydrogen) atoms. The van der Waals surface area contributed by atoms with E-state index in [0.29, 0.717) is 24.4 Å². The Bertz CT molecular complexity index is 768. The summed E-state index contributed by atoms with van der Waals surface area (Å²) in [4.78, 5) is 5.14. The van der Waals surface area contributed by atoms with E-state index in [-0.39, 0.29) is 0 Å². The second-order valence-corrected chi connectivity index (χ2v) is 10.3. The molecule has 1 heterocycles. The average Bonchev–Trinajstić information content (AvgIpc) is 3.25. The number of fused-ring (bicyclic) bond motifs is 1. The maximum absolute atomic E-state index is 8.94. The van der Waals surface area contributed by atoms with Crippen LogP contribution >= 0.6 is 11.3 Å². The van der Waals surface area contributed by atoms with E-state index < -0.39 is 0 Å². The number of hydrogen-bond donors (Lipinski definition) is 1. The minimum atomic E-state index is 0.335. The fourth-order valence-corrected chi connectivity index (χ4v) is 5.90. The van der Waals surface area contributed by atoms with Gasteiger partial charge in [-0.1, -0.05) is 71.4 Å². The van der Waals surface area contributed by atoms with E-state index in [1.54, 1.807) is 11.1 Å². The highest BCUT2D eigenvalue weighted by Gasteiger charge is 2.23. The average molecular weight is 428 g/mol. The van der Waals surface area contributed by atoms with Crippen molar-refractivity contribution in [3.05, 3.63) is 39.7 Å². The topological polar surface area (TPSA) is 33.1 Å². The third kappa shape index (κ3) is 6.17. The second-order valence-electron chi connectivity index (χ2n) is 9.41. The Morgan fingerprint density at radius 2 is 1.67 bits per heavy atom. The molecule has 2 aromatic rings. The number of hydrogen-bond acceptors (Lipinski definition) is 3. The molecule has 3 atom stereocenters. The summed E-state index contributed by atoms with van der Waals surface area (Å²) in [5.74, 6) is 1.96. The highest BCUT2D eigenvalue weighted by Crippen LogP contribution is 2.40. The van der Waals surface area contributed by atoms with Gasteiger partial charge < -0.3 is 5.11 Å². The Kier molecular flexibility index (Phi) is 9.39. The molecular weight excluding hydrogens is 386 g/mol. The zero-order valence-corrected chi connectivity index (χ0v) is 20.1. The maximum atomic E-state index is 8.94. The summed E-state index contributed by atoms with van der Waals surface area (Å²) in [6.45, 7) is 7.37. The summed E-state index contributed by atoms with van der Waals surface area (Å²) in [5, 5.41) is 12.6. The summed E-state index contributed by atoms with van der Waals surface area (Å²) in [5.41, 5.74) is 5.57. The third-order valence-corrected chi connectivity index (χ3v) is 7.97. The monoisotopic (exact) mass is 427 g/mol. The zero-order chi connectivity index (χ0) is 21.3. The lowest BCUT2D eigenvalue weighted by Crippen LogP contribution is -2.10. The summed E-state index contributed by atoms with van der Waals surface area (Å²) >= 11 is 1.87. The molecule has 1 aliphatic carbocycles. The molecule has 0 saturated carbocycles. The van der Waals surface area contributed by atoms with Crippen LogP contribution in [0.15, 0.2) is 23.6 Å². The SMILES string of the molecule is CCCCC(CCCCCCCO)c1nc(-c2ccc3c(c2)C(C)CCC3C)cs1. The quantitative estimate of drug-likeness (QED) is 0.345. The van der Waals surface area contributed by atoms with Crippen molar-refractivity contribution in [1.29, 1.82) is 0 Å². The van der Waals surface area contributed by atoms with Crippen molar-refractivity contribution in [3.63, 3.8) is 0 Å². The van der Waals surface area contributed by atoms with Gasteiger partial charge in [0.1, 0.15) is 0 Å². The van der Waals surface area contributed by atoms with Crippen molar-refractivity contribution in [2.75, 3.05) is 6.61 Å². The Hall–Kier alpha value is -1.19. The zero-order valence-electron chi connectivity index (χ0n) is 19.3. The van der Waals surface area contributed by atoms with E-state index in [2.05, 4.69) is 44.4 Å². The fraction of sp³-hybridized carbons (Fsp3) is 0.667. The van der Waals surface area contributed by atoms with E-state index >= 15 is 0 Å². The molecule has 0 bridgehead atoms. The number of rotatable bonds is 12. The van der Waals surface area contributed by atoms with Gasteiger partial charge in [0.05, 0.1) is 10.7 Å². The van der Waals surface area contributed by atoms with Gasteiger partial charge in [0.25, 0.3) is 0 Å². The van der Waals surface area contributed by atoms with Crippen molar-refractivity contribution >= 4 is 11.3 Å². The van der Waals surface area contributed by atoms with Crippen LogP contribution < -0.4 is 0 Å². The van der Waals surface area contributed by atoms with Gasteiger partial charge in [0.2, 0.25) is 0 Å². The molecular formula is C27H41NOS. The van der Waals surface area contributed by atoms with Crippen molar-refractivity contribution in [3.8, 4) is 11.3 Å². The highest BCUT2D eigenvalue weighted by atomic mass is 32.1. The first-order chi connectivity index (χ1) is 14.6. The van der Waals surface area contributed by atoms with Crippen LogP contribution in [0.25, 0.3) is 11.3 Å². The summed E-state index contributed by atoms with van der Waals surface area (Å²) in [6, 6.07) is 7.09. The van der Waals surface area contributed by atoms with Gasteiger partial charge in [0.15, 0.2) is 0 Å². The predicted molar refractivity (Wildman–Crippen MR) is 131 cm³/mol. The molecule has 166 valence electrons. The first-order valence-electron chi connectivity index (χ1n) is 12.3. The van der Waals surface area contributed by atoms with E-state index in [9.17, 15) is 0 Å². The van der Waals surface area contributed by atoms with Gasteiger partial charge >= 0.3 is 0 Å². The van der Waals surface area contributed by atoms with Crippen LogP contribution in [0.4, 0.5) is 0 Å². The standard InChI is InChI=1S/C27H41NOS/c1-4-5-11-22(12-9-7-6-8-10-17-29)27-28-26(19-30-27)23-15-16-24-20(2)13-14-21(3)25(24)18-23/h15-16,18-22,29H,4-14,17H2,1-3H3. The van der Waals surface area contributed by atoms with Crippen LogP contribution in [0.1, 0.15) is 125 Å². The molecule has 0 saturated heterocycles. The molecule has 3 rings (SSSR count). The lowest BCUT2D eigenvalue weighted by atomic mass is 9.77. The van der Waals surface area contributed by atoms with E-state index in [0.717, 1.165) is 12.8 Å². The molecule has 0 fully saturated rings. The Morgan fingerprint density at radius 1 is 0.967 bits per heavy atom. The number of aliphatic hydroxyl groups is 1. The summed E-state index contributed by atoms with van der Waals surface area (Å²) < 4.78 is 0. The minimum Gasteiger partial charge on any atom is -0.396 e. The Labute approximate surface area is 188 Å². The van der Waals surface area contributed by atoms with Crippen molar-refractivity contribution in [1.82, 2.24) is 4.98 Å². The number of aromatic nitrogens is 1. The minimum absolute atomic E-state index is 0.335. The van der Waals surface area contributed by atoms with Crippen molar-refractivity contribution < 1.29 is 5.11 Å². The van der Waals surface area contributed by atoms with E-state index in [4.69, 9.17) is 10.1 Å². The van der Waals surface area contributed by atoms with E-state index in [1.165, 1.54) is 74.1 Å². The van der Waals surface area contributed by atoms with Gasteiger partial charge in [-0.25, -0.2) is 4.98 Å². The molecule has 0 radical (unpaired) electrons. The van der Waals surface area contributed by atoms with Crippen LogP contribution in [0.2, 0.25) is 0 Å². The molecule has 3 unspecified atom stereocenters. The highest BCUT2D eigenvalue weighted by molar-refractivity contribution is 7.10. The number of unbranched alkanes of at least 4 members (excludes halogenated alkanes) is 5. The first kappa shape index (κ1) is 23.5. The lowest BCUT2D eigenvalue weighted by Gasteiger charge is -2.28. The molecule has 1 N–H and O–H groups in total. The van der Waals surface area contributed by atoms with Crippen LogP contribution in [-0.2, 0) is 0 Å². The Balaban J connectivity index is 1.68. The van der Waals surface area contributed by atoms with Gasteiger partial charge in [-0.15, -0.1) is 11.3 Å². The molecule has 2 nitrogen and oxygen atoms in total. The molecule has 1 aromatic heterocycles. The molecule has 0 spiro atoms. The van der Waals surface area contributed by atoms with Crippen LogP contribution in [-0.4, -0.2) is 16.7 Å². The molecule has 1 aliphatic rings. The molecule has 0 amide bonds. The van der Waals surface area contributed by atoms with Gasteiger partial charge in [0, 0.05) is 23.5 Å². The second kappa shape index (κ2) is 12.0. The lowest BCUT2D eigenvalue weighted by molar-refractivity contribution is 0.282. The largest absolute Gasteiger partial charge is 0.396 e. The van der Waals surface area contributed by atoms with Gasteiger partial charge in [-0.3, -0.25) is 0 Å². The fourth-order valence-electron chi connectivity index (χ4n) is 4.90. The van der Waals surface area contributed by atoms with Gasteiger partial charge in [-0.05, 0) is 61.1 Å². The number of benzene rings is 1. The Morgan fingerprint density at radius 3 is 2.43 bits per heavy atom. The predicted octanol–water partition coefficient (Wildman–Crippen LogP) is 8.42.